The van der Waals surface area contributed by atoms with Gasteiger partial charge in [-0.15, -0.1) is 0 Å². The van der Waals surface area contributed by atoms with E-state index in [9.17, 15) is 13.0 Å². The zero-order chi connectivity index (χ0) is 28.9. The van der Waals surface area contributed by atoms with Crippen LogP contribution in [-0.2, 0) is 23.0 Å². The lowest BCUT2D eigenvalue weighted by molar-refractivity contribution is 0.482. The largest absolute Gasteiger partial charge is 0.295 e. The number of rotatable bonds is 25. The van der Waals surface area contributed by atoms with Gasteiger partial charge in [0, 0.05) is 5.39 Å². The van der Waals surface area contributed by atoms with Gasteiger partial charge in [-0.3, -0.25) is 4.55 Å². The van der Waals surface area contributed by atoms with Gasteiger partial charge in [0.15, 0.2) is 0 Å². The van der Waals surface area contributed by atoms with E-state index in [1.807, 2.05) is 24.3 Å². The molecule has 228 valence electrons. The molecule has 3 nitrogen and oxygen atoms in total. The van der Waals surface area contributed by atoms with Crippen LogP contribution in [0.25, 0.3) is 10.8 Å². The van der Waals surface area contributed by atoms with Gasteiger partial charge in [0.1, 0.15) is 4.90 Å². The van der Waals surface area contributed by atoms with Crippen molar-refractivity contribution in [3.8, 4) is 0 Å². The van der Waals surface area contributed by atoms with Crippen molar-refractivity contribution < 1.29 is 13.0 Å². The van der Waals surface area contributed by atoms with Crippen molar-refractivity contribution in [1.82, 2.24) is 0 Å². The van der Waals surface area contributed by atoms with Crippen molar-refractivity contribution in [3.63, 3.8) is 0 Å². The van der Waals surface area contributed by atoms with Crippen molar-refractivity contribution in [2.45, 2.75) is 173 Å². The monoisotopic (exact) mass is 572 g/mol. The summed E-state index contributed by atoms with van der Waals surface area (Å²) >= 11 is 0. The van der Waals surface area contributed by atoms with E-state index in [1.54, 1.807) is 0 Å². The molecule has 1 N–H and O–H groups in total. The van der Waals surface area contributed by atoms with Crippen LogP contribution in [0, 0.1) is 0 Å². The molecular formula is C36H60O3S. The zero-order valence-corrected chi connectivity index (χ0v) is 26.8. The molecule has 40 heavy (non-hydrogen) atoms. The summed E-state index contributed by atoms with van der Waals surface area (Å²) in [6, 6.07) is 9.82. The number of hydrogen-bond acceptors (Lipinski definition) is 2. The third-order valence-electron chi connectivity index (χ3n) is 8.53. The lowest BCUT2D eigenvalue weighted by Crippen LogP contribution is -2.08. The second kappa shape index (κ2) is 21.3. The first kappa shape index (κ1) is 34.8. The minimum absolute atomic E-state index is 0.163. The Morgan fingerprint density at radius 3 is 1.40 bits per heavy atom. The predicted molar refractivity (Wildman–Crippen MR) is 174 cm³/mol. The van der Waals surface area contributed by atoms with Gasteiger partial charge in [-0.2, -0.15) is 8.42 Å². The molecule has 0 bridgehead atoms. The third-order valence-corrected chi connectivity index (χ3v) is 9.52. The molecule has 0 aliphatic rings. The molecule has 0 spiro atoms. The van der Waals surface area contributed by atoms with Crippen molar-refractivity contribution in [2.24, 2.45) is 0 Å². The molecule has 0 saturated carbocycles. The molecule has 2 rings (SSSR count). The Balaban J connectivity index is 1.88. The molecule has 0 aliphatic heterocycles. The standard InChI is InChI=1S/C36H60O3S/c1-3-5-7-9-11-13-15-17-19-21-23-27-32-31-33-28-25-26-30-35(33)36(40(37,38)39)34(32)29-24-22-20-18-16-14-12-10-8-6-4-2/h25-26,28,30-31H,3-24,27,29H2,1-2H3,(H,37,38,39). The predicted octanol–water partition coefficient (Wildman–Crippen LogP) is 11.8. The van der Waals surface area contributed by atoms with E-state index in [2.05, 4.69) is 19.9 Å². The molecule has 0 aromatic heterocycles. The minimum Gasteiger partial charge on any atom is -0.282 e. The van der Waals surface area contributed by atoms with E-state index in [1.165, 1.54) is 122 Å². The lowest BCUT2D eigenvalue weighted by atomic mass is 9.93. The summed E-state index contributed by atoms with van der Waals surface area (Å²) in [5.74, 6) is 0. The smallest absolute Gasteiger partial charge is 0.282 e. The fourth-order valence-corrected chi connectivity index (χ4v) is 7.16. The van der Waals surface area contributed by atoms with Crippen LogP contribution in [0.4, 0.5) is 0 Å². The Morgan fingerprint density at radius 1 is 0.550 bits per heavy atom. The second-order valence-electron chi connectivity index (χ2n) is 12.1. The summed E-state index contributed by atoms with van der Waals surface area (Å²) in [5, 5.41) is 1.57. The van der Waals surface area contributed by atoms with Gasteiger partial charge in [0.2, 0.25) is 0 Å². The van der Waals surface area contributed by atoms with Gasteiger partial charge in [-0.05, 0) is 42.2 Å². The van der Waals surface area contributed by atoms with Crippen LogP contribution in [0.15, 0.2) is 35.2 Å². The van der Waals surface area contributed by atoms with E-state index in [4.69, 9.17) is 0 Å². The van der Waals surface area contributed by atoms with E-state index in [-0.39, 0.29) is 4.90 Å². The van der Waals surface area contributed by atoms with Gasteiger partial charge in [-0.25, -0.2) is 0 Å². The molecule has 4 heteroatoms. The molecule has 0 heterocycles. The molecule has 0 unspecified atom stereocenters. The Labute approximate surface area is 247 Å². The third kappa shape index (κ3) is 14.0. The number of aryl methyl sites for hydroxylation is 1. The van der Waals surface area contributed by atoms with E-state index < -0.39 is 10.1 Å². The highest BCUT2D eigenvalue weighted by Crippen LogP contribution is 2.32. The maximum absolute atomic E-state index is 12.6. The van der Waals surface area contributed by atoms with Crippen LogP contribution < -0.4 is 0 Å². The first-order valence-corrected chi connectivity index (χ1v) is 18.4. The van der Waals surface area contributed by atoms with Crippen molar-refractivity contribution in [1.29, 1.82) is 0 Å². The Hall–Kier alpha value is -1.39. The average molecular weight is 573 g/mol. The molecule has 0 amide bonds. The van der Waals surface area contributed by atoms with Crippen molar-refractivity contribution in [2.75, 3.05) is 0 Å². The van der Waals surface area contributed by atoms with E-state index in [0.717, 1.165) is 48.6 Å². The number of unbranched alkanes of at least 4 members (excludes halogenated alkanes) is 20. The van der Waals surface area contributed by atoms with E-state index in [0.29, 0.717) is 5.39 Å². The number of fused-ring (bicyclic) bond motifs is 1. The normalized spacial score (nSPS) is 12.0. The van der Waals surface area contributed by atoms with Gasteiger partial charge in [0.25, 0.3) is 10.1 Å². The van der Waals surface area contributed by atoms with Crippen LogP contribution in [0.5, 0.6) is 0 Å². The Bertz CT molecular complexity index is 1030. The molecule has 2 aromatic carbocycles. The first-order chi connectivity index (χ1) is 19.5. The molecule has 0 radical (unpaired) electrons. The maximum atomic E-state index is 12.6. The van der Waals surface area contributed by atoms with Crippen LogP contribution in [0.2, 0.25) is 0 Å². The van der Waals surface area contributed by atoms with Gasteiger partial charge in [-0.1, -0.05) is 173 Å². The van der Waals surface area contributed by atoms with E-state index >= 15 is 0 Å². The fraction of sp³-hybridized carbons (Fsp3) is 0.722. The number of hydrogen-bond donors (Lipinski definition) is 1. The number of benzene rings is 2. The van der Waals surface area contributed by atoms with Crippen molar-refractivity contribution >= 4 is 20.9 Å². The quantitative estimate of drug-likeness (QED) is 0.0950. The highest BCUT2D eigenvalue weighted by Gasteiger charge is 2.22. The molecular weight excluding hydrogens is 512 g/mol. The Morgan fingerprint density at radius 2 is 0.950 bits per heavy atom. The molecule has 0 atom stereocenters. The zero-order valence-electron chi connectivity index (χ0n) is 26.0. The lowest BCUT2D eigenvalue weighted by Gasteiger charge is -2.17. The summed E-state index contributed by atoms with van der Waals surface area (Å²) in [6.07, 6.45) is 29.9. The highest BCUT2D eigenvalue weighted by molar-refractivity contribution is 7.86. The van der Waals surface area contributed by atoms with Crippen molar-refractivity contribution in [3.05, 3.63) is 41.5 Å². The maximum Gasteiger partial charge on any atom is 0.295 e. The van der Waals surface area contributed by atoms with Gasteiger partial charge < -0.3 is 0 Å². The van der Waals surface area contributed by atoms with Crippen LogP contribution in [0.1, 0.15) is 166 Å². The van der Waals surface area contributed by atoms with Gasteiger partial charge >= 0.3 is 0 Å². The summed E-state index contributed by atoms with van der Waals surface area (Å²) in [7, 11) is -4.30. The van der Waals surface area contributed by atoms with Gasteiger partial charge in [0.05, 0.1) is 0 Å². The van der Waals surface area contributed by atoms with Crippen LogP contribution in [0.3, 0.4) is 0 Å². The van der Waals surface area contributed by atoms with Crippen LogP contribution >= 0.6 is 0 Å². The van der Waals surface area contributed by atoms with Crippen LogP contribution in [-0.4, -0.2) is 13.0 Å². The molecule has 0 saturated heterocycles. The molecule has 2 aromatic rings. The Kier molecular flexibility index (Phi) is 18.6. The second-order valence-corrected chi connectivity index (χ2v) is 13.5. The molecule has 0 aliphatic carbocycles. The summed E-state index contributed by atoms with van der Waals surface area (Å²) in [6.45, 7) is 4.53. The minimum atomic E-state index is -4.30. The SMILES string of the molecule is CCCCCCCCCCCCCc1cc2ccccc2c(S(=O)(=O)O)c1CCCCCCCCCCCCC. The average Bonchev–Trinajstić information content (AvgIpc) is 2.93. The summed E-state index contributed by atoms with van der Waals surface area (Å²) < 4.78 is 35.6. The molecule has 0 fully saturated rings. The topological polar surface area (TPSA) is 54.4 Å². The summed E-state index contributed by atoms with van der Waals surface area (Å²) in [5.41, 5.74) is 1.98. The first-order valence-electron chi connectivity index (χ1n) is 17.0. The summed E-state index contributed by atoms with van der Waals surface area (Å²) in [4.78, 5) is 0.163. The fourth-order valence-electron chi connectivity index (χ4n) is 6.15. The highest BCUT2D eigenvalue weighted by atomic mass is 32.2.